The molecule has 26 heavy (non-hydrogen) atoms. The summed E-state index contributed by atoms with van der Waals surface area (Å²) in [4.78, 5) is 14.8. The quantitative estimate of drug-likeness (QED) is 0.706. The van der Waals surface area contributed by atoms with Crippen LogP contribution in [0, 0.1) is 6.92 Å². The van der Waals surface area contributed by atoms with Crippen LogP contribution in [0.4, 0.5) is 0 Å². The summed E-state index contributed by atoms with van der Waals surface area (Å²) < 4.78 is 11.2. The lowest BCUT2D eigenvalue weighted by Gasteiger charge is -2.29. The number of carbonyl (C=O) groups excluding carboxylic acids is 1. The lowest BCUT2D eigenvalue weighted by Crippen LogP contribution is -2.36. The molecule has 0 atom stereocenters. The van der Waals surface area contributed by atoms with E-state index in [-0.39, 0.29) is 5.91 Å². The van der Waals surface area contributed by atoms with E-state index < -0.39 is 0 Å². The number of rotatable bonds is 4. The van der Waals surface area contributed by atoms with Crippen LogP contribution in [0.25, 0.3) is 11.0 Å². The molecular formula is C22H23NO3. The largest absolute Gasteiger partial charge is 0.494 e. The number of fused-ring (bicyclic) bond motifs is 2. The van der Waals surface area contributed by atoms with Crippen LogP contribution in [0.15, 0.2) is 47.1 Å². The molecule has 0 fully saturated rings. The lowest BCUT2D eigenvalue weighted by molar-refractivity contribution is -0.131. The van der Waals surface area contributed by atoms with Gasteiger partial charge in [-0.3, -0.25) is 4.79 Å². The fourth-order valence-corrected chi connectivity index (χ4v) is 3.60. The van der Waals surface area contributed by atoms with Gasteiger partial charge in [-0.05, 0) is 55.2 Å². The zero-order chi connectivity index (χ0) is 18.1. The summed E-state index contributed by atoms with van der Waals surface area (Å²) in [6.07, 6.45) is 2.97. The SMILES string of the molecule is CCOc1ccc2c(c1)CN(C(=O)Cc1coc3cc(C)ccc13)CC2. The van der Waals surface area contributed by atoms with Crippen LogP contribution < -0.4 is 4.74 Å². The van der Waals surface area contributed by atoms with Crippen LogP contribution in [0.5, 0.6) is 5.75 Å². The van der Waals surface area contributed by atoms with Gasteiger partial charge in [0, 0.05) is 24.0 Å². The number of nitrogens with zero attached hydrogens (tertiary/aromatic N) is 1. The van der Waals surface area contributed by atoms with Crippen molar-refractivity contribution in [1.82, 2.24) is 4.90 Å². The van der Waals surface area contributed by atoms with Gasteiger partial charge < -0.3 is 14.1 Å². The van der Waals surface area contributed by atoms with Crippen molar-refractivity contribution < 1.29 is 13.9 Å². The van der Waals surface area contributed by atoms with E-state index in [1.165, 1.54) is 11.1 Å². The lowest BCUT2D eigenvalue weighted by atomic mass is 9.98. The first kappa shape index (κ1) is 16.7. The third-order valence-corrected chi connectivity index (χ3v) is 5.01. The maximum absolute atomic E-state index is 12.8. The van der Waals surface area contributed by atoms with Crippen LogP contribution in [0.3, 0.4) is 0 Å². The predicted octanol–water partition coefficient (Wildman–Crippen LogP) is 4.27. The minimum absolute atomic E-state index is 0.140. The topological polar surface area (TPSA) is 42.7 Å². The van der Waals surface area contributed by atoms with Gasteiger partial charge in [0.2, 0.25) is 5.91 Å². The highest BCUT2D eigenvalue weighted by molar-refractivity contribution is 5.88. The Kier molecular flexibility index (Phi) is 4.41. The first-order valence-corrected chi connectivity index (χ1v) is 9.13. The molecule has 2 aromatic carbocycles. The first-order valence-electron chi connectivity index (χ1n) is 9.13. The fraction of sp³-hybridized carbons (Fsp3) is 0.318. The third kappa shape index (κ3) is 3.19. The number of hydrogen-bond donors (Lipinski definition) is 0. The van der Waals surface area contributed by atoms with E-state index in [0.29, 0.717) is 19.6 Å². The van der Waals surface area contributed by atoms with Crippen molar-refractivity contribution in [3.63, 3.8) is 0 Å². The monoisotopic (exact) mass is 349 g/mol. The highest BCUT2D eigenvalue weighted by Gasteiger charge is 2.22. The zero-order valence-electron chi connectivity index (χ0n) is 15.2. The second kappa shape index (κ2) is 6.87. The summed E-state index contributed by atoms with van der Waals surface area (Å²) in [5.41, 5.74) is 5.45. The van der Waals surface area contributed by atoms with Crippen molar-refractivity contribution in [2.45, 2.75) is 33.2 Å². The van der Waals surface area contributed by atoms with Gasteiger partial charge in [-0.1, -0.05) is 18.2 Å². The molecule has 0 bridgehead atoms. The van der Waals surface area contributed by atoms with Gasteiger partial charge in [0.1, 0.15) is 11.3 Å². The Hall–Kier alpha value is -2.75. The molecule has 1 aliphatic heterocycles. The maximum atomic E-state index is 12.8. The van der Waals surface area contributed by atoms with E-state index in [1.807, 2.05) is 36.9 Å². The smallest absolute Gasteiger partial charge is 0.227 e. The fourth-order valence-electron chi connectivity index (χ4n) is 3.60. The molecule has 4 heteroatoms. The first-order chi connectivity index (χ1) is 12.6. The van der Waals surface area contributed by atoms with Gasteiger partial charge in [0.25, 0.3) is 0 Å². The number of carbonyl (C=O) groups is 1. The minimum Gasteiger partial charge on any atom is -0.494 e. The molecule has 4 rings (SSSR count). The van der Waals surface area contributed by atoms with Crippen molar-refractivity contribution in [2.24, 2.45) is 0 Å². The highest BCUT2D eigenvalue weighted by Crippen LogP contribution is 2.26. The van der Waals surface area contributed by atoms with Crippen molar-refractivity contribution in [2.75, 3.05) is 13.2 Å². The Morgan fingerprint density at radius 3 is 2.92 bits per heavy atom. The van der Waals surface area contributed by atoms with E-state index in [2.05, 4.69) is 18.2 Å². The second-order valence-electron chi connectivity index (χ2n) is 6.87. The van der Waals surface area contributed by atoms with E-state index in [0.717, 1.165) is 40.8 Å². The molecule has 1 aromatic heterocycles. The maximum Gasteiger partial charge on any atom is 0.227 e. The van der Waals surface area contributed by atoms with Gasteiger partial charge in [-0.2, -0.15) is 0 Å². The average molecular weight is 349 g/mol. The molecule has 0 aliphatic carbocycles. The Morgan fingerprint density at radius 2 is 2.08 bits per heavy atom. The number of aryl methyl sites for hydroxylation is 1. The van der Waals surface area contributed by atoms with Crippen LogP contribution >= 0.6 is 0 Å². The van der Waals surface area contributed by atoms with Crippen molar-refractivity contribution in [3.05, 3.63) is 64.9 Å². The number of furan rings is 1. The Labute approximate surface area is 153 Å². The molecule has 0 unspecified atom stereocenters. The van der Waals surface area contributed by atoms with Crippen LogP contribution in [0.1, 0.15) is 29.2 Å². The second-order valence-corrected chi connectivity index (χ2v) is 6.87. The minimum atomic E-state index is 0.140. The number of amides is 1. The standard InChI is InChI=1S/C22H23NO3/c1-3-25-19-6-5-16-8-9-23(13-17(16)11-19)22(24)12-18-14-26-21-10-15(2)4-7-20(18)21/h4-7,10-11,14H,3,8-9,12-13H2,1-2H3. The molecule has 2 heterocycles. The number of benzene rings is 2. The molecule has 4 nitrogen and oxygen atoms in total. The van der Waals surface area contributed by atoms with Crippen molar-refractivity contribution >= 4 is 16.9 Å². The number of ether oxygens (including phenoxy) is 1. The summed E-state index contributed by atoms with van der Waals surface area (Å²) in [6.45, 7) is 6.06. The zero-order valence-corrected chi connectivity index (χ0v) is 15.2. The molecule has 3 aromatic rings. The van der Waals surface area contributed by atoms with E-state index in [4.69, 9.17) is 9.15 Å². The van der Waals surface area contributed by atoms with Crippen LogP contribution in [0.2, 0.25) is 0 Å². The van der Waals surface area contributed by atoms with E-state index in [1.54, 1.807) is 6.26 Å². The summed E-state index contributed by atoms with van der Waals surface area (Å²) in [5.74, 6) is 1.01. The Morgan fingerprint density at radius 1 is 1.19 bits per heavy atom. The van der Waals surface area contributed by atoms with Crippen molar-refractivity contribution in [1.29, 1.82) is 0 Å². The average Bonchev–Trinajstić information content (AvgIpc) is 3.03. The van der Waals surface area contributed by atoms with Gasteiger partial charge in [-0.15, -0.1) is 0 Å². The molecule has 134 valence electrons. The molecule has 1 aliphatic rings. The van der Waals surface area contributed by atoms with Gasteiger partial charge >= 0.3 is 0 Å². The van der Waals surface area contributed by atoms with Gasteiger partial charge in [0.15, 0.2) is 0 Å². The summed E-state index contributed by atoms with van der Waals surface area (Å²) in [6, 6.07) is 12.3. The normalized spacial score (nSPS) is 13.7. The molecule has 0 saturated carbocycles. The van der Waals surface area contributed by atoms with Crippen molar-refractivity contribution in [3.8, 4) is 5.75 Å². The van der Waals surface area contributed by atoms with Gasteiger partial charge in [0.05, 0.1) is 19.3 Å². The molecule has 0 radical (unpaired) electrons. The van der Waals surface area contributed by atoms with Crippen LogP contribution in [-0.4, -0.2) is 24.0 Å². The summed E-state index contributed by atoms with van der Waals surface area (Å²) in [7, 11) is 0. The predicted molar refractivity (Wildman–Crippen MR) is 101 cm³/mol. The molecule has 1 amide bonds. The molecular weight excluding hydrogens is 326 g/mol. The van der Waals surface area contributed by atoms with Crippen LogP contribution in [-0.2, 0) is 24.2 Å². The van der Waals surface area contributed by atoms with E-state index >= 15 is 0 Å². The summed E-state index contributed by atoms with van der Waals surface area (Å²) in [5, 5.41) is 1.03. The molecule has 0 spiro atoms. The Balaban J connectivity index is 1.51. The highest BCUT2D eigenvalue weighted by atomic mass is 16.5. The van der Waals surface area contributed by atoms with E-state index in [9.17, 15) is 4.79 Å². The summed E-state index contributed by atoms with van der Waals surface area (Å²) >= 11 is 0. The Bertz CT molecular complexity index is 957. The molecule has 0 N–H and O–H groups in total. The molecule has 0 saturated heterocycles. The van der Waals surface area contributed by atoms with Gasteiger partial charge in [-0.25, -0.2) is 0 Å². The third-order valence-electron chi connectivity index (χ3n) is 5.01. The number of hydrogen-bond acceptors (Lipinski definition) is 3.